The first kappa shape index (κ1) is 14.2. The van der Waals surface area contributed by atoms with Crippen LogP contribution < -0.4 is 5.73 Å². The molecule has 5 heteroatoms. The number of aromatic nitrogens is 1. The summed E-state index contributed by atoms with van der Waals surface area (Å²) in [6, 6.07) is 6.20. The fourth-order valence-corrected chi connectivity index (χ4v) is 3.48. The topological polar surface area (TPSA) is 52.0 Å². The van der Waals surface area contributed by atoms with Gasteiger partial charge in [0.1, 0.15) is 0 Å². The summed E-state index contributed by atoms with van der Waals surface area (Å²) in [7, 11) is 0. The van der Waals surface area contributed by atoms with Gasteiger partial charge < -0.3 is 10.3 Å². The van der Waals surface area contributed by atoms with Crippen molar-refractivity contribution < 1.29 is 4.52 Å². The summed E-state index contributed by atoms with van der Waals surface area (Å²) in [5.74, 6) is 1.02. The molecule has 0 spiro atoms. The first-order chi connectivity index (χ1) is 9.99. The van der Waals surface area contributed by atoms with Gasteiger partial charge in [0, 0.05) is 0 Å². The lowest BCUT2D eigenvalue weighted by molar-refractivity contribution is 0.437. The van der Waals surface area contributed by atoms with Crippen molar-refractivity contribution >= 4 is 28.8 Å². The van der Waals surface area contributed by atoms with Crippen molar-refractivity contribution in [2.75, 3.05) is 5.73 Å². The molecule has 0 saturated carbocycles. The molecule has 2 heterocycles. The Morgan fingerprint density at radius 1 is 1.14 bits per heavy atom. The number of nitrogen functional groups attached to an aromatic ring is 1. The minimum atomic E-state index is 0.385. The predicted molar refractivity (Wildman–Crippen MR) is 88.9 cm³/mol. The van der Waals surface area contributed by atoms with Gasteiger partial charge >= 0.3 is 0 Å². The Morgan fingerprint density at radius 2 is 1.90 bits per heavy atom. The van der Waals surface area contributed by atoms with E-state index in [0.29, 0.717) is 16.6 Å². The molecule has 0 amide bonds. The number of benzene rings is 1. The van der Waals surface area contributed by atoms with Crippen LogP contribution in [0.25, 0.3) is 21.8 Å². The highest BCUT2D eigenvalue weighted by Crippen LogP contribution is 2.43. The van der Waals surface area contributed by atoms with Crippen LogP contribution in [-0.2, 0) is 0 Å². The Bertz CT molecular complexity index is 820. The molecule has 108 valence electrons. The Kier molecular flexibility index (Phi) is 3.51. The number of halogens is 1. The minimum absolute atomic E-state index is 0.385. The van der Waals surface area contributed by atoms with Gasteiger partial charge in [-0.1, -0.05) is 35.0 Å². The fraction of sp³-hybridized carbons (Fsp3) is 0.188. The van der Waals surface area contributed by atoms with E-state index in [2.05, 4.69) is 31.1 Å². The summed E-state index contributed by atoms with van der Waals surface area (Å²) in [6.07, 6.45) is 0. The molecular weight excluding hydrogens is 304 g/mol. The number of hydrogen-bond acceptors (Lipinski definition) is 4. The van der Waals surface area contributed by atoms with Crippen molar-refractivity contribution in [3.05, 3.63) is 45.3 Å². The first-order valence-electron chi connectivity index (χ1n) is 6.55. The van der Waals surface area contributed by atoms with Crippen molar-refractivity contribution in [1.29, 1.82) is 0 Å². The molecule has 0 bridgehead atoms. The van der Waals surface area contributed by atoms with Crippen molar-refractivity contribution in [3.63, 3.8) is 0 Å². The Labute approximate surface area is 132 Å². The number of aryl methyl sites for hydroxylation is 3. The maximum absolute atomic E-state index is 6.35. The van der Waals surface area contributed by atoms with Crippen molar-refractivity contribution in [1.82, 2.24) is 5.16 Å². The van der Waals surface area contributed by atoms with E-state index >= 15 is 0 Å². The van der Waals surface area contributed by atoms with E-state index in [0.717, 1.165) is 21.6 Å². The first-order valence-corrected chi connectivity index (χ1v) is 7.81. The third kappa shape index (κ3) is 2.34. The van der Waals surface area contributed by atoms with Crippen LogP contribution in [0.4, 0.5) is 5.82 Å². The van der Waals surface area contributed by atoms with Crippen molar-refractivity contribution in [2.24, 2.45) is 0 Å². The molecule has 0 aliphatic carbocycles. The Balaban J connectivity index is 2.22. The molecular formula is C16H15ClN2OS. The third-order valence-electron chi connectivity index (χ3n) is 3.62. The van der Waals surface area contributed by atoms with E-state index in [1.165, 1.54) is 22.5 Å². The average molecular weight is 319 g/mol. The largest absolute Gasteiger partial charge is 0.380 e. The maximum Gasteiger partial charge on any atom is 0.188 e. The molecule has 2 aromatic heterocycles. The molecule has 3 aromatic rings. The highest BCUT2D eigenvalue weighted by Gasteiger charge is 2.22. The highest BCUT2D eigenvalue weighted by atomic mass is 35.5. The molecule has 0 aliphatic rings. The van der Waals surface area contributed by atoms with E-state index < -0.39 is 0 Å². The van der Waals surface area contributed by atoms with Crippen LogP contribution in [0, 0.1) is 20.8 Å². The number of anilines is 1. The van der Waals surface area contributed by atoms with Gasteiger partial charge in [-0.25, -0.2) is 0 Å². The smallest absolute Gasteiger partial charge is 0.188 e. The zero-order valence-corrected chi connectivity index (χ0v) is 13.6. The van der Waals surface area contributed by atoms with E-state index in [-0.39, 0.29) is 0 Å². The third-order valence-corrected chi connectivity index (χ3v) is 5.32. The minimum Gasteiger partial charge on any atom is -0.380 e. The van der Waals surface area contributed by atoms with E-state index in [9.17, 15) is 0 Å². The lowest BCUT2D eigenvalue weighted by atomic mass is 10.00. The Hall–Kier alpha value is -1.78. The van der Waals surface area contributed by atoms with Gasteiger partial charge in [-0.2, -0.15) is 0 Å². The predicted octanol–water partition coefficient (Wildman–Crippen LogP) is 5.23. The monoisotopic (exact) mass is 318 g/mol. The van der Waals surface area contributed by atoms with Gasteiger partial charge in [0.25, 0.3) is 0 Å². The van der Waals surface area contributed by atoms with E-state index in [1.54, 1.807) is 0 Å². The van der Waals surface area contributed by atoms with Crippen LogP contribution in [0.15, 0.2) is 28.1 Å². The summed E-state index contributed by atoms with van der Waals surface area (Å²) in [5, 5.41) is 6.62. The molecule has 1 aromatic carbocycles. The molecule has 0 unspecified atom stereocenters. The standard InChI is InChI=1S/C16H15ClN2OS/c1-8-4-5-11(6-9(8)2)12-14(20-19-16(12)18)15-13(17)10(3)7-21-15/h4-7H,1-3H3,(H2,18,19). The Morgan fingerprint density at radius 3 is 2.52 bits per heavy atom. The van der Waals surface area contributed by atoms with Gasteiger partial charge in [0.15, 0.2) is 11.6 Å². The summed E-state index contributed by atoms with van der Waals surface area (Å²) in [4.78, 5) is 0.867. The number of thiophene rings is 1. The second-order valence-electron chi connectivity index (χ2n) is 5.13. The van der Waals surface area contributed by atoms with Crippen LogP contribution in [0.1, 0.15) is 16.7 Å². The van der Waals surface area contributed by atoms with Crippen molar-refractivity contribution in [2.45, 2.75) is 20.8 Å². The number of nitrogens with two attached hydrogens (primary N) is 1. The normalized spacial score (nSPS) is 11.0. The second kappa shape index (κ2) is 5.20. The lowest BCUT2D eigenvalue weighted by Crippen LogP contribution is -1.90. The molecule has 3 rings (SSSR count). The lowest BCUT2D eigenvalue weighted by Gasteiger charge is -2.05. The number of nitrogens with zero attached hydrogens (tertiary/aromatic N) is 1. The summed E-state index contributed by atoms with van der Waals surface area (Å²) in [6.45, 7) is 6.12. The molecule has 0 radical (unpaired) electrons. The van der Waals surface area contributed by atoms with Crippen LogP contribution in [0.5, 0.6) is 0 Å². The fourth-order valence-electron chi connectivity index (χ4n) is 2.22. The van der Waals surface area contributed by atoms with Gasteiger partial charge in [-0.3, -0.25) is 0 Å². The molecule has 0 fully saturated rings. The van der Waals surface area contributed by atoms with Crippen LogP contribution in [0.3, 0.4) is 0 Å². The highest BCUT2D eigenvalue weighted by molar-refractivity contribution is 7.14. The van der Waals surface area contributed by atoms with Crippen LogP contribution >= 0.6 is 22.9 Å². The molecule has 0 aliphatic heterocycles. The van der Waals surface area contributed by atoms with Gasteiger partial charge in [0.2, 0.25) is 0 Å². The van der Waals surface area contributed by atoms with Gasteiger partial charge in [0.05, 0.1) is 15.5 Å². The summed E-state index contributed by atoms with van der Waals surface area (Å²) in [5.41, 5.74) is 11.3. The quantitative estimate of drug-likeness (QED) is 0.703. The zero-order chi connectivity index (χ0) is 15.1. The maximum atomic E-state index is 6.35. The molecule has 0 atom stereocenters. The molecule has 2 N–H and O–H groups in total. The summed E-state index contributed by atoms with van der Waals surface area (Å²) >= 11 is 7.89. The number of rotatable bonds is 2. The SMILES string of the molecule is Cc1ccc(-c2c(N)noc2-c2scc(C)c2Cl)cc1C. The average Bonchev–Trinajstić information content (AvgIpc) is 2.98. The second-order valence-corrected chi connectivity index (χ2v) is 6.39. The molecule has 21 heavy (non-hydrogen) atoms. The summed E-state index contributed by atoms with van der Waals surface area (Å²) < 4.78 is 5.45. The van der Waals surface area contributed by atoms with Crippen molar-refractivity contribution in [3.8, 4) is 21.8 Å². The van der Waals surface area contributed by atoms with Gasteiger partial charge in [-0.15, -0.1) is 11.3 Å². The van der Waals surface area contributed by atoms with E-state index in [1.807, 2.05) is 18.4 Å². The molecule has 3 nitrogen and oxygen atoms in total. The number of hydrogen-bond donors (Lipinski definition) is 1. The van der Waals surface area contributed by atoms with Crippen LogP contribution in [0.2, 0.25) is 5.02 Å². The van der Waals surface area contributed by atoms with E-state index in [4.69, 9.17) is 21.9 Å². The zero-order valence-electron chi connectivity index (χ0n) is 12.0. The van der Waals surface area contributed by atoms with Gasteiger partial charge in [-0.05, 0) is 48.4 Å². The van der Waals surface area contributed by atoms with Crippen LogP contribution in [-0.4, -0.2) is 5.16 Å². The molecule has 0 saturated heterocycles.